The van der Waals surface area contributed by atoms with Gasteiger partial charge >= 0.3 is 11.9 Å². The van der Waals surface area contributed by atoms with Gasteiger partial charge in [0.05, 0.1) is 47.3 Å². The van der Waals surface area contributed by atoms with E-state index >= 15 is 0 Å². The van der Waals surface area contributed by atoms with Gasteiger partial charge in [0, 0.05) is 62.5 Å². The number of carbonyl (C=O) groups is 2. The first-order chi connectivity index (χ1) is 28.1. The molecule has 0 N–H and O–H groups in total. The normalized spacial score (nSPS) is 12.2. The summed E-state index contributed by atoms with van der Waals surface area (Å²) >= 11 is 1.27. The Labute approximate surface area is 355 Å². The summed E-state index contributed by atoms with van der Waals surface area (Å²) in [5, 5.41) is 0. The van der Waals surface area contributed by atoms with Gasteiger partial charge in [-0.15, -0.1) is 0 Å². The van der Waals surface area contributed by atoms with Crippen molar-refractivity contribution in [2.24, 2.45) is 0 Å². The van der Waals surface area contributed by atoms with E-state index in [0.29, 0.717) is 55.0 Å². The number of hydrogen-bond acceptors (Lipinski definition) is 15. The van der Waals surface area contributed by atoms with Crippen LogP contribution in [0.25, 0.3) is 0 Å². The first-order valence-electron chi connectivity index (χ1n) is 20.2. The molecule has 2 aromatic rings. The zero-order chi connectivity index (χ0) is 44.4. The van der Waals surface area contributed by atoms with E-state index in [-0.39, 0.29) is 75.5 Å². The van der Waals surface area contributed by atoms with Crippen LogP contribution in [0.2, 0.25) is 0 Å². The summed E-state index contributed by atoms with van der Waals surface area (Å²) < 4.78 is 74.8. The molecular weight excluding hydrogens is 785 g/mol. The minimum atomic E-state index is -1.05. The number of carbonyl (C=O) groups excluding carboxylic acids is 2. The van der Waals surface area contributed by atoms with Crippen LogP contribution in [0, 0.1) is 13.8 Å². The van der Waals surface area contributed by atoms with Gasteiger partial charge in [0.25, 0.3) is 0 Å². The Hall–Kier alpha value is -4.15. The Kier molecular flexibility index (Phi) is 22.0. The number of benzene rings is 2. The van der Waals surface area contributed by atoms with Gasteiger partial charge in [0.15, 0.2) is 12.6 Å². The summed E-state index contributed by atoms with van der Waals surface area (Å²) in [6.07, 6.45) is -4.07. The lowest BCUT2D eigenvalue weighted by molar-refractivity contribution is -0.159. The van der Waals surface area contributed by atoms with Crippen molar-refractivity contribution >= 4 is 23.7 Å². The van der Waals surface area contributed by atoms with E-state index in [1.54, 1.807) is 27.7 Å². The summed E-state index contributed by atoms with van der Waals surface area (Å²) in [7, 11) is 0. The Morgan fingerprint density at radius 3 is 1.03 bits per heavy atom. The van der Waals surface area contributed by atoms with Crippen molar-refractivity contribution in [3.05, 3.63) is 46.6 Å². The van der Waals surface area contributed by atoms with E-state index in [1.807, 2.05) is 69.2 Å². The minimum absolute atomic E-state index is 0.218. The van der Waals surface area contributed by atoms with Crippen LogP contribution in [-0.2, 0) is 38.0 Å². The third kappa shape index (κ3) is 13.4. The average molecular weight is 851 g/mol. The van der Waals surface area contributed by atoms with E-state index in [4.69, 9.17) is 56.8 Å². The highest BCUT2D eigenvalue weighted by atomic mass is 32.2. The first kappa shape index (κ1) is 51.0. The monoisotopic (exact) mass is 850 g/mol. The summed E-state index contributed by atoms with van der Waals surface area (Å²) in [4.78, 5) is 26.2. The molecule has 0 radical (unpaired) electrons. The highest BCUT2D eigenvalue weighted by molar-refractivity contribution is 7.99. The maximum absolute atomic E-state index is 12.6. The van der Waals surface area contributed by atoms with Gasteiger partial charge in [-0.1, -0.05) is 24.9 Å². The molecule has 59 heavy (non-hydrogen) atoms. The second-order valence-electron chi connectivity index (χ2n) is 12.8. The second-order valence-corrected chi connectivity index (χ2v) is 13.8. The lowest BCUT2D eigenvalue weighted by Crippen LogP contribution is -2.24. The second kappa shape index (κ2) is 25.5. The maximum atomic E-state index is 12.6. The molecule has 0 bridgehead atoms. The maximum Gasteiger partial charge on any atom is 0.336 e. The van der Waals surface area contributed by atoms with E-state index in [2.05, 4.69) is 13.2 Å². The third-order valence-corrected chi connectivity index (χ3v) is 9.23. The molecule has 0 aliphatic rings. The van der Waals surface area contributed by atoms with Crippen molar-refractivity contribution in [1.82, 2.24) is 0 Å². The summed E-state index contributed by atoms with van der Waals surface area (Å²) in [6.45, 7) is 34.4. The summed E-state index contributed by atoms with van der Waals surface area (Å²) in [5.41, 5.74) is 2.38. The lowest BCUT2D eigenvalue weighted by Gasteiger charge is -2.31. The predicted octanol–water partition coefficient (Wildman–Crippen LogP) is 9.88. The van der Waals surface area contributed by atoms with Crippen LogP contribution in [0.3, 0.4) is 0 Å². The fourth-order valence-corrected chi connectivity index (χ4v) is 7.09. The molecule has 0 amide bonds. The number of hydrogen-bond donors (Lipinski definition) is 0. The first-order valence-corrected chi connectivity index (χ1v) is 21.1. The van der Waals surface area contributed by atoms with Crippen LogP contribution < -0.4 is 28.4 Å². The van der Waals surface area contributed by atoms with Gasteiger partial charge < -0.3 is 56.8 Å². The Bertz CT molecular complexity index is 1590. The van der Waals surface area contributed by atoms with Gasteiger partial charge in [-0.2, -0.15) is 0 Å². The molecule has 0 aliphatic carbocycles. The molecule has 0 aliphatic heterocycles. The van der Waals surface area contributed by atoms with Crippen LogP contribution in [0.4, 0.5) is 0 Å². The standard InChI is InChI=1S/C44H66O14S/c1-17-47-35-27(13)33(55-29(15)57-41(45)25(9)10)31(43(51-21-5)52-22-6)37(49-19-3)39(35)59-40-36(48-18-2)28(14)34(56-30(16)58-42(46)26(11)12)32(38(40)50-20-4)44(53-23-7)54-24-8/h29-30,43-44H,9,11,17-24H2,1-8,10,12-16H3. The van der Waals surface area contributed by atoms with Crippen LogP contribution in [0.5, 0.6) is 34.5 Å². The average Bonchev–Trinajstić information content (AvgIpc) is 3.17. The van der Waals surface area contributed by atoms with Gasteiger partial charge in [0.1, 0.15) is 34.5 Å². The fraction of sp³-hybridized carbons (Fsp3) is 0.591. The zero-order valence-corrected chi connectivity index (χ0v) is 38.3. The van der Waals surface area contributed by atoms with Gasteiger partial charge in [-0.25, -0.2) is 9.59 Å². The Morgan fingerprint density at radius 1 is 0.492 bits per heavy atom. The Balaban J connectivity index is 3.30. The molecule has 0 fully saturated rings. The quantitative estimate of drug-likeness (QED) is 0.0455. The smallest absolute Gasteiger partial charge is 0.336 e. The fourth-order valence-electron chi connectivity index (χ4n) is 5.76. The summed E-state index contributed by atoms with van der Waals surface area (Å²) in [5.74, 6) is 0.855. The largest absolute Gasteiger partial charge is 0.492 e. The topological polar surface area (TPSA) is 145 Å². The van der Waals surface area contributed by atoms with Crippen LogP contribution in [-0.4, -0.2) is 77.4 Å². The van der Waals surface area contributed by atoms with Crippen molar-refractivity contribution in [3.63, 3.8) is 0 Å². The molecule has 15 heteroatoms. The number of rotatable bonds is 28. The van der Waals surface area contributed by atoms with E-state index < -0.39 is 37.1 Å². The van der Waals surface area contributed by atoms with Gasteiger partial charge in [-0.3, -0.25) is 0 Å². The molecule has 14 nitrogen and oxygen atoms in total. The van der Waals surface area contributed by atoms with Crippen molar-refractivity contribution in [2.75, 3.05) is 52.9 Å². The van der Waals surface area contributed by atoms with Gasteiger partial charge in [-0.05, 0) is 83.1 Å². The molecular formula is C44H66O14S. The molecule has 332 valence electrons. The molecule has 2 aromatic carbocycles. The highest BCUT2D eigenvalue weighted by Gasteiger charge is 2.37. The van der Waals surface area contributed by atoms with E-state index in [0.717, 1.165) is 0 Å². The number of ether oxygens (including phenoxy) is 12. The minimum Gasteiger partial charge on any atom is -0.492 e. The van der Waals surface area contributed by atoms with Gasteiger partial charge in [0.2, 0.25) is 12.6 Å². The van der Waals surface area contributed by atoms with Crippen molar-refractivity contribution in [1.29, 1.82) is 0 Å². The molecule has 0 saturated carbocycles. The van der Waals surface area contributed by atoms with Crippen LogP contribution in [0.1, 0.15) is 118 Å². The molecule has 2 rings (SSSR count). The Morgan fingerprint density at radius 2 is 0.780 bits per heavy atom. The van der Waals surface area contributed by atoms with Crippen LogP contribution >= 0.6 is 11.8 Å². The molecule has 0 saturated heterocycles. The van der Waals surface area contributed by atoms with Crippen molar-refractivity contribution < 1.29 is 66.4 Å². The molecule has 2 atom stereocenters. The van der Waals surface area contributed by atoms with Crippen molar-refractivity contribution in [2.45, 2.75) is 132 Å². The molecule has 0 aromatic heterocycles. The third-order valence-electron chi connectivity index (χ3n) is 8.08. The SMILES string of the molecule is C=C(C)C(=O)OC(C)Oc1c(C)c(OCC)c(Sc2c(OCC)c(C)c(OC(C)OC(=O)C(=C)C)c(C(OCC)OCC)c2OCC)c(OCC)c1C(OCC)OCC. The van der Waals surface area contributed by atoms with Crippen LogP contribution in [0.15, 0.2) is 34.1 Å². The lowest BCUT2D eigenvalue weighted by atomic mass is 10.1. The van der Waals surface area contributed by atoms with E-state index in [9.17, 15) is 9.59 Å². The summed E-state index contributed by atoms with van der Waals surface area (Å²) in [6, 6.07) is 0. The molecule has 2 unspecified atom stereocenters. The molecule has 0 spiro atoms. The number of esters is 2. The van der Waals surface area contributed by atoms with Crippen molar-refractivity contribution in [3.8, 4) is 34.5 Å². The zero-order valence-electron chi connectivity index (χ0n) is 37.5. The molecule has 0 heterocycles. The highest BCUT2D eigenvalue weighted by Crippen LogP contribution is 2.59. The predicted molar refractivity (Wildman–Crippen MR) is 225 cm³/mol. The van der Waals surface area contributed by atoms with E-state index in [1.165, 1.54) is 11.8 Å².